The quantitative estimate of drug-likeness (QED) is 0.783. The zero-order valence-electron chi connectivity index (χ0n) is 7.01. The molecule has 0 aromatic carbocycles. The van der Waals surface area contributed by atoms with Crippen molar-refractivity contribution in [2.75, 3.05) is 0 Å². The first kappa shape index (κ1) is 8.13. The summed E-state index contributed by atoms with van der Waals surface area (Å²) < 4.78 is 9.98. The van der Waals surface area contributed by atoms with Gasteiger partial charge in [-0.05, 0) is 18.2 Å². The van der Waals surface area contributed by atoms with Crippen LogP contribution in [-0.4, -0.2) is 5.11 Å². The average Bonchev–Trinajstić information content (AvgIpc) is 2.74. The van der Waals surface area contributed by atoms with E-state index in [9.17, 15) is 5.11 Å². The molecule has 1 unspecified atom stereocenters. The fourth-order valence-corrected chi connectivity index (χ4v) is 1.20. The minimum Gasteiger partial charge on any atom is -0.472 e. The van der Waals surface area contributed by atoms with E-state index in [0.29, 0.717) is 6.42 Å². The third-order valence-corrected chi connectivity index (χ3v) is 1.90. The van der Waals surface area contributed by atoms with Crippen LogP contribution in [0.2, 0.25) is 0 Å². The van der Waals surface area contributed by atoms with E-state index < -0.39 is 6.10 Å². The van der Waals surface area contributed by atoms with Gasteiger partial charge < -0.3 is 13.9 Å². The summed E-state index contributed by atoms with van der Waals surface area (Å²) in [4.78, 5) is 0. The van der Waals surface area contributed by atoms with Crippen LogP contribution in [0.5, 0.6) is 0 Å². The first-order valence-corrected chi connectivity index (χ1v) is 4.09. The lowest BCUT2D eigenvalue weighted by Gasteiger charge is -2.04. The SMILES string of the molecule is OC(Cc1ccco1)c1ccoc1. The van der Waals surface area contributed by atoms with Gasteiger partial charge in [0.2, 0.25) is 0 Å². The molecule has 3 nitrogen and oxygen atoms in total. The van der Waals surface area contributed by atoms with Crippen molar-refractivity contribution in [1.29, 1.82) is 0 Å². The molecule has 0 bridgehead atoms. The van der Waals surface area contributed by atoms with E-state index >= 15 is 0 Å². The second-order valence-electron chi connectivity index (χ2n) is 2.86. The Bertz CT molecular complexity index is 334. The molecule has 2 heterocycles. The van der Waals surface area contributed by atoms with Gasteiger partial charge in [-0.1, -0.05) is 0 Å². The molecule has 3 heteroatoms. The zero-order valence-corrected chi connectivity index (χ0v) is 7.01. The number of hydrogen-bond acceptors (Lipinski definition) is 3. The van der Waals surface area contributed by atoms with Gasteiger partial charge >= 0.3 is 0 Å². The molecule has 0 radical (unpaired) electrons. The maximum Gasteiger partial charge on any atom is 0.106 e. The molecule has 0 aliphatic rings. The third-order valence-electron chi connectivity index (χ3n) is 1.90. The first-order valence-electron chi connectivity index (χ1n) is 4.09. The molecule has 0 aliphatic heterocycles. The van der Waals surface area contributed by atoms with Gasteiger partial charge in [0.05, 0.1) is 24.9 Å². The molecular formula is C10H10O3. The Hall–Kier alpha value is -1.48. The standard InChI is InChI=1S/C10H10O3/c11-10(8-3-5-12-7-8)6-9-2-1-4-13-9/h1-5,7,10-11H,6H2. The van der Waals surface area contributed by atoms with Crippen molar-refractivity contribution in [2.45, 2.75) is 12.5 Å². The molecule has 0 saturated carbocycles. The highest BCUT2D eigenvalue weighted by Crippen LogP contribution is 2.18. The minimum absolute atomic E-state index is 0.479. The lowest BCUT2D eigenvalue weighted by atomic mass is 10.1. The number of hydrogen-bond donors (Lipinski definition) is 1. The topological polar surface area (TPSA) is 46.5 Å². The van der Waals surface area contributed by atoms with Crippen molar-refractivity contribution < 1.29 is 13.9 Å². The molecule has 13 heavy (non-hydrogen) atoms. The van der Waals surface area contributed by atoms with Crippen molar-refractivity contribution in [3.63, 3.8) is 0 Å². The Morgan fingerprint density at radius 3 is 2.85 bits per heavy atom. The summed E-state index contributed by atoms with van der Waals surface area (Å²) >= 11 is 0. The van der Waals surface area contributed by atoms with Gasteiger partial charge in [0.15, 0.2) is 0 Å². The highest BCUT2D eigenvalue weighted by Gasteiger charge is 2.10. The van der Waals surface area contributed by atoms with Crippen LogP contribution in [0.4, 0.5) is 0 Å². The maximum atomic E-state index is 9.66. The second kappa shape index (κ2) is 3.49. The van der Waals surface area contributed by atoms with E-state index in [1.807, 2.05) is 6.07 Å². The van der Waals surface area contributed by atoms with Crippen molar-refractivity contribution in [3.8, 4) is 0 Å². The van der Waals surface area contributed by atoms with Crippen LogP contribution in [0.25, 0.3) is 0 Å². The molecule has 0 amide bonds. The normalized spacial score (nSPS) is 13.0. The van der Waals surface area contributed by atoms with Crippen molar-refractivity contribution in [3.05, 3.63) is 48.3 Å². The molecule has 1 N–H and O–H groups in total. The predicted molar refractivity (Wildman–Crippen MR) is 46.1 cm³/mol. The lowest BCUT2D eigenvalue weighted by Crippen LogP contribution is -1.98. The van der Waals surface area contributed by atoms with Crippen LogP contribution in [0.3, 0.4) is 0 Å². The zero-order chi connectivity index (χ0) is 9.10. The molecule has 2 rings (SSSR count). The number of aliphatic hydroxyl groups is 1. The molecule has 0 aliphatic carbocycles. The largest absolute Gasteiger partial charge is 0.472 e. The summed E-state index contributed by atoms with van der Waals surface area (Å²) in [5.74, 6) is 0.772. The highest BCUT2D eigenvalue weighted by molar-refractivity contribution is 5.12. The van der Waals surface area contributed by atoms with Crippen LogP contribution in [0.15, 0.2) is 45.8 Å². The molecule has 1 atom stereocenters. The Morgan fingerprint density at radius 1 is 1.31 bits per heavy atom. The van der Waals surface area contributed by atoms with Gasteiger partial charge in [0.1, 0.15) is 5.76 Å². The smallest absolute Gasteiger partial charge is 0.106 e. The summed E-state index contributed by atoms with van der Waals surface area (Å²) in [7, 11) is 0. The number of aliphatic hydroxyl groups excluding tert-OH is 1. The van der Waals surface area contributed by atoms with Gasteiger partial charge in [-0.2, -0.15) is 0 Å². The fourth-order valence-electron chi connectivity index (χ4n) is 1.20. The van der Waals surface area contributed by atoms with Crippen LogP contribution < -0.4 is 0 Å². The molecule has 2 aromatic rings. The van der Waals surface area contributed by atoms with Gasteiger partial charge in [0, 0.05) is 12.0 Å². The second-order valence-corrected chi connectivity index (χ2v) is 2.86. The van der Waals surface area contributed by atoms with Gasteiger partial charge in [-0.25, -0.2) is 0 Å². The summed E-state index contributed by atoms with van der Waals surface area (Å²) in [6, 6.07) is 5.38. The summed E-state index contributed by atoms with van der Waals surface area (Å²) in [5, 5.41) is 9.66. The van der Waals surface area contributed by atoms with Crippen molar-refractivity contribution in [1.82, 2.24) is 0 Å². The molecule has 0 spiro atoms. The highest BCUT2D eigenvalue weighted by atomic mass is 16.3. The first-order chi connectivity index (χ1) is 6.36. The molecule has 0 saturated heterocycles. The van der Waals surface area contributed by atoms with Gasteiger partial charge in [-0.15, -0.1) is 0 Å². The van der Waals surface area contributed by atoms with Gasteiger partial charge in [-0.3, -0.25) is 0 Å². The summed E-state index contributed by atoms with van der Waals surface area (Å²) in [5.41, 5.74) is 0.774. The molecule has 68 valence electrons. The maximum absolute atomic E-state index is 9.66. The summed E-state index contributed by atoms with van der Waals surface area (Å²) in [6.45, 7) is 0. The Kier molecular flexibility index (Phi) is 2.19. The fraction of sp³-hybridized carbons (Fsp3) is 0.200. The van der Waals surface area contributed by atoms with E-state index in [-0.39, 0.29) is 0 Å². The predicted octanol–water partition coefficient (Wildman–Crippen LogP) is 2.15. The molecular weight excluding hydrogens is 168 g/mol. The minimum atomic E-state index is -0.551. The Morgan fingerprint density at radius 2 is 2.23 bits per heavy atom. The van der Waals surface area contributed by atoms with Crippen LogP contribution in [0.1, 0.15) is 17.4 Å². The van der Waals surface area contributed by atoms with E-state index in [2.05, 4.69) is 0 Å². The van der Waals surface area contributed by atoms with E-state index in [1.54, 1.807) is 24.7 Å². The monoisotopic (exact) mass is 178 g/mol. The average molecular weight is 178 g/mol. The van der Waals surface area contributed by atoms with Crippen molar-refractivity contribution >= 4 is 0 Å². The van der Waals surface area contributed by atoms with E-state index in [4.69, 9.17) is 8.83 Å². The van der Waals surface area contributed by atoms with Gasteiger partial charge in [0.25, 0.3) is 0 Å². The molecule has 2 aromatic heterocycles. The Labute approximate surface area is 75.6 Å². The van der Waals surface area contributed by atoms with Crippen LogP contribution >= 0.6 is 0 Å². The van der Waals surface area contributed by atoms with E-state index in [1.165, 1.54) is 6.26 Å². The molecule has 0 fully saturated rings. The van der Waals surface area contributed by atoms with Crippen molar-refractivity contribution in [2.24, 2.45) is 0 Å². The lowest BCUT2D eigenvalue weighted by molar-refractivity contribution is 0.169. The number of furan rings is 2. The van der Waals surface area contributed by atoms with E-state index in [0.717, 1.165) is 11.3 Å². The number of rotatable bonds is 3. The third kappa shape index (κ3) is 1.81. The summed E-state index contributed by atoms with van der Waals surface area (Å²) in [6.07, 6.45) is 4.60. The van der Waals surface area contributed by atoms with Crippen LogP contribution in [0, 0.1) is 0 Å². The Balaban J connectivity index is 2.04. The van der Waals surface area contributed by atoms with Crippen LogP contribution in [-0.2, 0) is 6.42 Å².